The average Bonchev–Trinajstić information content (AvgIpc) is 3.26. The molecule has 1 aromatic carbocycles. The zero-order valence-corrected chi connectivity index (χ0v) is 19.6. The number of amides is 1. The smallest absolute Gasteiger partial charge is 0.238 e. The molecule has 0 fully saturated rings. The molecule has 2 heterocycles. The largest absolute Gasteiger partial charge is 0.316 e. The lowest BCUT2D eigenvalue weighted by molar-refractivity contribution is -0.115. The summed E-state index contributed by atoms with van der Waals surface area (Å²) in [5, 5.41) is 22.3. The van der Waals surface area contributed by atoms with Crippen molar-refractivity contribution in [3.63, 3.8) is 0 Å². The molecule has 1 aliphatic carbocycles. The number of benzene rings is 1. The monoisotopic (exact) mass is 463 g/mol. The molecule has 0 spiro atoms. The van der Waals surface area contributed by atoms with Gasteiger partial charge in [-0.25, -0.2) is 0 Å². The molecule has 0 aliphatic heterocycles. The predicted octanol–water partition coefficient (Wildman–Crippen LogP) is 5.45. The Morgan fingerprint density at radius 1 is 1.31 bits per heavy atom. The second-order valence-corrected chi connectivity index (χ2v) is 10.1. The number of carbonyl (C=O) groups excluding carboxylic acids is 1. The van der Waals surface area contributed by atoms with Gasteiger partial charge in [-0.3, -0.25) is 9.36 Å². The highest BCUT2D eigenvalue weighted by molar-refractivity contribution is 8.00. The van der Waals surface area contributed by atoms with Crippen LogP contribution in [0, 0.1) is 11.3 Å². The van der Waals surface area contributed by atoms with Crippen LogP contribution in [0.3, 0.4) is 0 Å². The molecule has 6 nitrogen and oxygen atoms in total. The van der Waals surface area contributed by atoms with Crippen molar-refractivity contribution in [3.8, 4) is 17.5 Å². The lowest BCUT2D eigenvalue weighted by atomic mass is 10.1. The minimum Gasteiger partial charge on any atom is -0.316 e. The van der Waals surface area contributed by atoms with E-state index < -0.39 is 5.25 Å². The van der Waals surface area contributed by atoms with Gasteiger partial charge in [0.05, 0.1) is 10.8 Å². The molecule has 1 unspecified atom stereocenters. The van der Waals surface area contributed by atoms with Crippen molar-refractivity contribution in [2.24, 2.45) is 0 Å². The fraction of sp³-hybridized carbons (Fsp3) is 0.333. The Morgan fingerprint density at radius 3 is 2.84 bits per heavy atom. The highest BCUT2D eigenvalue weighted by Gasteiger charge is 2.24. The number of aryl methyl sites for hydroxylation is 1. The van der Waals surface area contributed by atoms with Gasteiger partial charge in [-0.2, -0.15) is 5.26 Å². The third-order valence-electron chi connectivity index (χ3n) is 5.48. The van der Waals surface area contributed by atoms with E-state index in [1.807, 2.05) is 41.8 Å². The van der Waals surface area contributed by atoms with E-state index in [-0.39, 0.29) is 5.91 Å². The van der Waals surface area contributed by atoms with Crippen LogP contribution in [-0.4, -0.2) is 25.9 Å². The molecule has 0 bridgehead atoms. The minimum atomic E-state index is -0.403. The SMILES string of the molecule is C=CCn1c(SC(C)C(=O)Nc2sc3c(c2C#N)CCCCC3)nnc1-c1ccccc1. The first-order chi connectivity index (χ1) is 15.6. The summed E-state index contributed by atoms with van der Waals surface area (Å²) in [6.07, 6.45) is 7.13. The average molecular weight is 464 g/mol. The Morgan fingerprint density at radius 2 is 2.09 bits per heavy atom. The predicted molar refractivity (Wildman–Crippen MR) is 130 cm³/mol. The number of thioether (sulfide) groups is 1. The molecule has 0 saturated carbocycles. The Hall–Kier alpha value is -2.89. The number of nitriles is 1. The van der Waals surface area contributed by atoms with Gasteiger partial charge in [-0.1, -0.05) is 54.6 Å². The number of nitrogens with one attached hydrogen (secondary N) is 1. The maximum Gasteiger partial charge on any atom is 0.238 e. The van der Waals surface area contributed by atoms with Gasteiger partial charge in [0.2, 0.25) is 5.91 Å². The van der Waals surface area contributed by atoms with Crippen LogP contribution in [0.1, 0.15) is 42.2 Å². The van der Waals surface area contributed by atoms with Crippen LogP contribution in [0.5, 0.6) is 0 Å². The maximum absolute atomic E-state index is 13.0. The summed E-state index contributed by atoms with van der Waals surface area (Å²) in [5.41, 5.74) is 2.73. The highest BCUT2D eigenvalue weighted by Crippen LogP contribution is 2.37. The molecule has 8 heteroatoms. The molecule has 0 saturated heterocycles. The van der Waals surface area contributed by atoms with Crippen LogP contribution in [0.2, 0.25) is 0 Å². The van der Waals surface area contributed by atoms with E-state index in [1.165, 1.54) is 23.1 Å². The molecule has 32 heavy (non-hydrogen) atoms. The summed E-state index contributed by atoms with van der Waals surface area (Å²) in [6.45, 7) is 6.24. The third kappa shape index (κ3) is 4.64. The summed E-state index contributed by atoms with van der Waals surface area (Å²) in [7, 11) is 0. The lowest BCUT2D eigenvalue weighted by Gasteiger charge is -2.12. The maximum atomic E-state index is 13.0. The number of anilines is 1. The van der Waals surface area contributed by atoms with Crippen molar-refractivity contribution in [2.75, 3.05) is 5.32 Å². The van der Waals surface area contributed by atoms with Gasteiger partial charge < -0.3 is 5.32 Å². The van der Waals surface area contributed by atoms with Crippen molar-refractivity contribution in [3.05, 3.63) is 59.0 Å². The second kappa shape index (κ2) is 10.2. The number of fused-ring (bicyclic) bond motifs is 1. The van der Waals surface area contributed by atoms with Gasteiger partial charge in [-0.05, 0) is 38.2 Å². The summed E-state index contributed by atoms with van der Waals surface area (Å²) in [4.78, 5) is 14.2. The van der Waals surface area contributed by atoms with Crippen molar-refractivity contribution in [1.29, 1.82) is 5.26 Å². The molecule has 2 aromatic heterocycles. The normalized spacial score (nSPS) is 14.1. The van der Waals surface area contributed by atoms with E-state index in [0.29, 0.717) is 22.3 Å². The topological polar surface area (TPSA) is 83.6 Å². The van der Waals surface area contributed by atoms with E-state index in [4.69, 9.17) is 0 Å². The quantitative estimate of drug-likeness (QED) is 0.286. The highest BCUT2D eigenvalue weighted by atomic mass is 32.2. The third-order valence-corrected chi connectivity index (χ3v) is 7.77. The fourth-order valence-corrected chi connectivity index (χ4v) is 5.95. The molecule has 1 N–H and O–H groups in total. The standard InChI is InChI=1S/C24H25N5OS2/c1-3-14-29-21(17-10-6-4-7-11-17)27-28-24(29)31-16(2)22(30)26-23-19(15-25)18-12-8-5-9-13-20(18)32-23/h3-4,6-7,10-11,16H,1,5,8-9,12-14H2,2H3,(H,26,30). The lowest BCUT2D eigenvalue weighted by Crippen LogP contribution is -2.23. The molecule has 1 amide bonds. The molecule has 164 valence electrons. The number of carbonyl (C=O) groups is 1. The van der Waals surface area contributed by atoms with Crippen molar-refractivity contribution in [2.45, 2.75) is 56.0 Å². The van der Waals surface area contributed by atoms with Crippen molar-refractivity contribution < 1.29 is 4.79 Å². The number of nitrogens with zero attached hydrogens (tertiary/aromatic N) is 4. The van der Waals surface area contributed by atoms with Crippen LogP contribution in [0.15, 0.2) is 48.1 Å². The summed E-state index contributed by atoms with van der Waals surface area (Å²) >= 11 is 2.91. The fourth-order valence-electron chi connectivity index (χ4n) is 3.84. The minimum absolute atomic E-state index is 0.141. The van der Waals surface area contributed by atoms with Gasteiger partial charge >= 0.3 is 0 Å². The molecule has 3 aromatic rings. The summed E-state index contributed by atoms with van der Waals surface area (Å²) < 4.78 is 1.96. The van der Waals surface area contributed by atoms with Gasteiger partial charge in [0.15, 0.2) is 11.0 Å². The van der Waals surface area contributed by atoms with E-state index in [9.17, 15) is 10.1 Å². The molecule has 0 radical (unpaired) electrons. The van der Waals surface area contributed by atoms with E-state index in [1.54, 1.807) is 17.4 Å². The molecule has 1 atom stereocenters. The Balaban J connectivity index is 1.52. The zero-order chi connectivity index (χ0) is 22.5. The number of hydrogen-bond donors (Lipinski definition) is 1. The first-order valence-corrected chi connectivity index (χ1v) is 12.4. The summed E-state index contributed by atoms with van der Waals surface area (Å²) in [6, 6.07) is 12.2. The number of thiophene rings is 1. The van der Waals surface area contributed by atoms with E-state index in [0.717, 1.165) is 42.6 Å². The van der Waals surface area contributed by atoms with Crippen LogP contribution in [-0.2, 0) is 24.2 Å². The van der Waals surface area contributed by atoms with E-state index in [2.05, 4.69) is 28.2 Å². The van der Waals surface area contributed by atoms with Gasteiger partial charge in [0, 0.05) is 17.0 Å². The second-order valence-electron chi connectivity index (χ2n) is 7.70. The number of allylic oxidation sites excluding steroid dienone is 1. The first kappa shape index (κ1) is 22.3. The van der Waals surface area contributed by atoms with Crippen molar-refractivity contribution >= 4 is 34.0 Å². The van der Waals surface area contributed by atoms with Crippen LogP contribution < -0.4 is 5.32 Å². The van der Waals surface area contributed by atoms with Crippen LogP contribution >= 0.6 is 23.1 Å². The Labute approximate surface area is 196 Å². The molecule has 4 rings (SSSR count). The molecule has 1 aliphatic rings. The number of rotatable bonds is 7. The number of hydrogen-bond acceptors (Lipinski definition) is 6. The van der Waals surface area contributed by atoms with Crippen molar-refractivity contribution in [1.82, 2.24) is 14.8 Å². The zero-order valence-electron chi connectivity index (χ0n) is 18.0. The van der Waals surface area contributed by atoms with Gasteiger partial charge in [-0.15, -0.1) is 28.1 Å². The van der Waals surface area contributed by atoms with E-state index >= 15 is 0 Å². The Bertz CT molecular complexity index is 1160. The van der Waals surface area contributed by atoms with Crippen LogP contribution in [0.25, 0.3) is 11.4 Å². The number of aromatic nitrogens is 3. The Kier molecular flexibility index (Phi) is 7.08. The van der Waals surface area contributed by atoms with Gasteiger partial charge in [0.1, 0.15) is 11.1 Å². The molecular formula is C24H25N5OS2. The van der Waals surface area contributed by atoms with Crippen LogP contribution in [0.4, 0.5) is 5.00 Å². The molecular weight excluding hydrogens is 438 g/mol. The van der Waals surface area contributed by atoms with Gasteiger partial charge in [0.25, 0.3) is 0 Å². The first-order valence-electron chi connectivity index (χ1n) is 10.7. The summed E-state index contributed by atoms with van der Waals surface area (Å²) in [5.74, 6) is 0.603.